The van der Waals surface area contributed by atoms with Gasteiger partial charge >= 0.3 is 0 Å². The van der Waals surface area contributed by atoms with Gasteiger partial charge in [0, 0.05) is 6.07 Å². The molecule has 2 N–H and O–H groups in total. The molecule has 50 valence electrons. The summed E-state index contributed by atoms with van der Waals surface area (Å²) in [7, 11) is 0. The average Bonchev–Trinajstić information content (AvgIpc) is 1.85. The molecule has 0 fully saturated rings. The molecule has 0 bridgehead atoms. The van der Waals surface area contributed by atoms with Gasteiger partial charge in [-0.1, -0.05) is 12.1 Å². The van der Waals surface area contributed by atoms with Crippen LogP contribution in [0.3, 0.4) is 0 Å². The van der Waals surface area contributed by atoms with Gasteiger partial charge in [-0.05, 0) is 13.0 Å². The van der Waals surface area contributed by atoms with E-state index >= 15 is 0 Å². The number of hydrogen-bond acceptors (Lipinski definition) is 2. The lowest BCUT2D eigenvalue weighted by atomic mass is 10.3. The summed E-state index contributed by atoms with van der Waals surface area (Å²) in [5, 5.41) is 0. The second kappa shape index (κ2) is 2.36. The van der Waals surface area contributed by atoms with E-state index < -0.39 is 0 Å². The van der Waals surface area contributed by atoms with Crippen molar-refractivity contribution in [3.05, 3.63) is 29.1 Å². The van der Waals surface area contributed by atoms with Crippen molar-refractivity contribution in [2.75, 3.05) is 5.73 Å². The third kappa shape index (κ3) is 1.23. The molecule has 0 spiro atoms. The van der Waals surface area contributed by atoms with Gasteiger partial charge < -0.3 is 10.6 Å². The largest absolute Gasteiger partial charge is 0.364 e. The molecule has 1 aromatic rings. The Morgan fingerprint density at radius 3 is 2.80 bits per heavy atom. The molecule has 0 radical (unpaired) electrons. The summed E-state index contributed by atoms with van der Waals surface area (Å²) in [6.45, 7) is 8.53. The zero-order chi connectivity index (χ0) is 7.56. The molecule has 0 saturated carbocycles. The molecule has 3 heteroatoms. The first kappa shape index (κ1) is 6.56. The topological polar surface area (TPSA) is 43.3 Å². The molecule has 10 heavy (non-hydrogen) atoms. The number of rotatable bonds is 0. The van der Waals surface area contributed by atoms with Crippen molar-refractivity contribution in [1.82, 2.24) is 4.98 Å². The minimum absolute atomic E-state index is 0.359. The van der Waals surface area contributed by atoms with E-state index in [2.05, 4.69) is 9.83 Å². The van der Waals surface area contributed by atoms with Crippen molar-refractivity contribution in [1.29, 1.82) is 0 Å². The molecule has 0 amide bonds. The van der Waals surface area contributed by atoms with Crippen LogP contribution in [0.5, 0.6) is 0 Å². The Morgan fingerprint density at radius 2 is 2.30 bits per heavy atom. The molecule has 0 aliphatic heterocycles. The van der Waals surface area contributed by atoms with Crippen LogP contribution in [-0.2, 0) is 0 Å². The Kier molecular flexibility index (Phi) is 1.55. The van der Waals surface area contributed by atoms with E-state index in [9.17, 15) is 0 Å². The number of anilines is 1. The van der Waals surface area contributed by atoms with Gasteiger partial charge in [0.1, 0.15) is 0 Å². The minimum atomic E-state index is 0.359. The fourth-order valence-electron chi connectivity index (χ4n) is 0.733. The Bertz CT molecular complexity index is 265. The number of pyridine rings is 1. The normalized spacial score (nSPS) is 8.80. The first-order valence-corrected chi connectivity index (χ1v) is 2.84. The van der Waals surface area contributed by atoms with E-state index in [4.69, 9.17) is 12.3 Å². The van der Waals surface area contributed by atoms with Crippen molar-refractivity contribution in [3.63, 3.8) is 0 Å². The van der Waals surface area contributed by atoms with Crippen LogP contribution in [0.15, 0.2) is 12.1 Å². The second-order valence-electron chi connectivity index (χ2n) is 2.04. The molecular weight excluding hydrogens is 126 g/mol. The molecule has 1 heterocycles. The van der Waals surface area contributed by atoms with Crippen LogP contribution in [0.25, 0.3) is 4.85 Å². The maximum Gasteiger partial charge on any atom is 0.271 e. The van der Waals surface area contributed by atoms with Crippen LogP contribution in [0.2, 0.25) is 0 Å². The van der Waals surface area contributed by atoms with Crippen LogP contribution in [0.1, 0.15) is 5.56 Å². The zero-order valence-electron chi connectivity index (χ0n) is 5.63. The van der Waals surface area contributed by atoms with E-state index in [1.807, 2.05) is 6.92 Å². The number of nitrogens with zero attached hydrogens (tertiary/aromatic N) is 2. The van der Waals surface area contributed by atoms with Gasteiger partial charge in [0.15, 0.2) is 0 Å². The highest BCUT2D eigenvalue weighted by atomic mass is 14.9. The van der Waals surface area contributed by atoms with Crippen molar-refractivity contribution in [3.8, 4) is 0 Å². The van der Waals surface area contributed by atoms with E-state index in [1.54, 1.807) is 12.1 Å². The van der Waals surface area contributed by atoms with Crippen molar-refractivity contribution in [2.24, 2.45) is 0 Å². The molecule has 0 atom stereocenters. The summed E-state index contributed by atoms with van der Waals surface area (Å²) in [5.41, 5.74) is 6.35. The SMILES string of the molecule is [C-]#[N+]c1cc(C)cc(N)n1. The highest BCUT2D eigenvalue weighted by molar-refractivity contribution is 5.46. The summed E-state index contributed by atoms with van der Waals surface area (Å²) in [6.07, 6.45) is 0. The van der Waals surface area contributed by atoms with Gasteiger partial charge in [0.05, 0.1) is 0 Å². The Morgan fingerprint density at radius 1 is 1.60 bits per heavy atom. The van der Waals surface area contributed by atoms with Gasteiger partial charge in [0.25, 0.3) is 5.82 Å². The van der Waals surface area contributed by atoms with Crippen LogP contribution < -0.4 is 5.73 Å². The third-order valence-electron chi connectivity index (χ3n) is 1.09. The molecule has 0 saturated heterocycles. The molecule has 0 aliphatic rings. The number of nitrogens with two attached hydrogens (primary N) is 1. The molecule has 1 aromatic heterocycles. The van der Waals surface area contributed by atoms with E-state index in [1.165, 1.54) is 0 Å². The first-order valence-electron chi connectivity index (χ1n) is 2.84. The van der Waals surface area contributed by atoms with Crippen molar-refractivity contribution >= 4 is 11.6 Å². The smallest absolute Gasteiger partial charge is 0.271 e. The van der Waals surface area contributed by atoms with Crippen molar-refractivity contribution in [2.45, 2.75) is 6.92 Å². The minimum Gasteiger partial charge on any atom is -0.364 e. The van der Waals surface area contributed by atoms with Crippen LogP contribution in [-0.4, -0.2) is 4.98 Å². The predicted molar refractivity (Wildman–Crippen MR) is 39.6 cm³/mol. The molecule has 0 aliphatic carbocycles. The van der Waals surface area contributed by atoms with E-state index in [-0.39, 0.29) is 0 Å². The monoisotopic (exact) mass is 133 g/mol. The summed E-state index contributed by atoms with van der Waals surface area (Å²) >= 11 is 0. The molecule has 0 aromatic carbocycles. The van der Waals surface area contributed by atoms with Crippen molar-refractivity contribution < 1.29 is 0 Å². The maximum atomic E-state index is 6.64. The summed E-state index contributed by atoms with van der Waals surface area (Å²) in [4.78, 5) is 6.93. The fraction of sp³-hybridized carbons (Fsp3) is 0.143. The lowest BCUT2D eigenvalue weighted by Crippen LogP contribution is -1.89. The van der Waals surface area contributed by atoms with Gasteiger partial charge in [-0.25, -0.2) is 0 Å². The Labute approximate surface area is 59.3 Å². The van der Waals surface area contributed by atoms with E-state index in [0.717, 1.165) is 5.56 Å². The lowest BCUT2D eigenvalue weighted by Gasteiger charge is -1.92. The van der Waals surface area contributed by atoms with Crippen LogP contribution in [0, 0.1) is 13.5 Å². The number of aryl methyl sites for hydroxylation is 1. The van der Waals surface area contributed by atoms with E-state index in [0.29, 0.717) is 11.6 Å². The molecule has 3 nitrogen and oxygen atoms in total. The summed E-state index contributed by atoms with van der Waals surface area (Å²) in [6, 6.07) is 3.43. The average molecular weight is 133 g/mol. The van der Waals surface area contributed by atoms with Gasteiger partial charge in [-0.2, -0.15) is 0 Å². The second-order valence-corrected chi connectivity index (χ2v) is 2.04. The first-order chi connectivity index (χ1) is 4.72. The highest BCUT2D eigenvalue weighted by Gasteiger charge is 1.96. The predicted octanol–water partition coefficient (Wildman–Crippen LogP) is 1.52. The number of nitrogen functional groups attached to an aromatic ring is 1. The summed E-state index contributed by atoms with van der Waals surface area (Å²) in [5.74, 6) is 0.767. The van der Waals surface area contributed by atoms with Gasteiger partial charge in [-0.3, -0.25) is 0 Å². The quantitative estimate of drug-likeness (QED) is 0.545. The number of aromatic nitrogens is 1. The number of hydrogen-bond donors (Lipinski definition) is 1. The van der Waals surface area contributed by atoms with Crippen LogP contribution in [0.4, 0.5) is 11.6 Å². The lowest BCUT2D eigenvalue weighted by molar-refractivity contribution is 1.32. The molecule has 0 unspecified atom stereocenters. The third-order valence-corrected chi connectivity index (χ3v) is 1.09. The standard InChI is InChI=1S/C7H7N3/c1-5-3-6(8)10-7(4-5)9-2/h3-4H,1H3,(H2,8,10). The van der Waals surface area contributed by atoms with Crippen LogP contribution >= 0.6 is 0 Å². The highest BCUT2D eigenvalue weighted by Crippen LogP contribution is 2.12. The van der Waals surface area contributed by atoms with Gasteiger partial charge in [-0.15, -0.1) is 4.98 Å². The molecule has 1 rings (SSSR count). The van der Waals surface area contributed by atoms with Gasteiger partial charge in [0.2, 0.25) is 5.82 Å². The summed E-state index contributed by atoms with van der Waals surface area (Å²) < 4.78 is 0. The Hall–Kier alpha value is -1.56. The maximum absolute atomic E-state index is 6.64. The fourth-order valence-corrected chi connectivity index (χ4v) is 0.733. The Balaban J connectivity index is 3.22. The molecular formula is C7H7N3. The zero-order valence-corrected chi connectivity index (χ0v) is 5.63.